The van der Waals surface area contributed by atoms with Gasteiger partial charge in [-0.1, -0.05) is 31.5 Å². The summed E-state index contributed by atoms with van der Waals surface area (Å²) in [6.45, 7) is 3.29. The third-order valence-corrected chi connectivity index (χ3v) is 4.59. The van der Waals surface area contributed by atoms with Crippen molar-refractivity contribution in [2.24, 2.45) is 13.0 Å². The maximum Gasteiger partial charge on any atom is 0.0706 e. The topological polar surface area (TPSA) is 29.9 Å². The number of benzene rings is 1. The van der Waals surface area contributed by atoms with Crippen LogP contribution in [0.2, 0.25) is 0 Å². The molecule has 1 aromatic carbocycles. The molecule has 2 aromatic rings. The molecule has 108 valence electrons. The Morgan fingerprint density at radius 2 is 2.15 bits per heavy atom. The van der Waals surface area contributed by atoms with Gasteiger partial charge in [0.25, 0.3) is 0 Å². The van der Waals surface area contributed by atoms with E-state index in [1.807, 2.05) is 11.7 Å². The lowest BCUT2D eigenvalue weighted by Gasteiger charge is -2.29. The fourth-order valence-electron chi connectivity index (χ4n) is 3.66. The molecule has 20 heavy (non-hydrogen) atoms. The van der Waals surface area contributed by atoms with Crippen molar-refractivity contribution >= 4 is 10.9 Å². The summed E-state index contributed by atoms with van der Waals surface area (Å²) in [4.78, 5) is 0. The summed E-state index contributed by atoms with van der Waals surface area (Å²) in [5, 5.41) is 9.70. The van der Waals surface area contributed by atoms with Gasteiger partial charge in [-0.05, 0) is 44.2 Å². The molecule has 1 fully saturated rings. The third kappa shape index (κ3) is 2.73. The van der Waals surface area contributed by atoms with Gasteiger partial charge in [0.2, 0.25) is 0 Å². The largest absolute Gasteiger partial charge is 0.314 e. The Labute approximate surface area is 121 Å². The molecule has 1 saturated carbocycles. The van der Waals surface area contributed by atoms with Gasteiger partial charge in [0, 0.05) is 18.5 Å². The van der Waals surface area contributed by atoms with Crippen LogP contribution in [0.1, 0.15) is 38.3 Å². The molecule has 2 unspecified atom stereocenters. The van der Waals surface area contributed by atoms with E-state index in [1.165, 1.54) is 42.3 Å². The van der Waals surface area contributed by atoms with Crippen molar-refractivity contribution in [1.29, 1.82) is 0 Å². The van der Waals surface area contributed by atoms with Crippen molar-refractivity contribution in [3.05, 3.63) is 30.0 Å². The summed E-state index contributed by atoms with van der Waals surface area (Å²) >= 11 is 0. The Hall–Kier alpha value is -1.35. The van der Waals surface area contributed by atoms with Gasteiger partial charge >= 0.3 is 0 Å². The predicted octanol–water partition coefficient (Wildman–Crippen LogP) is 3.28. The average Bonchev–Trinajstić information content (AvgIpc) is 2.77. The molecule has 0 amide bonds. The Kier molecular flexibility index (Phi) is 4.06. The highest BCUT2D eigenvalue weighted by molar-refractivity contribution is 5.81. The number of fused-ring (bicyclic) bond motifs is 1. The van der Waals surface area contributed by atoms with Gasteiger partial charge in [0.05, 0.1) is 11.2 Å². The fraction of sp³-hybridized carbons (Fsp3) is 0.588. The van der Waals surface area contributed by atoms with E-state index in [1.54, 1.807) is 0 Å². The molecule has 0 spiro atoms. The highest BCUT2D eigenvalue weighted by Gasteiger charge is 2.23. The van der Waals surface area contributed by atoms with Crippen LogP contribution in [0.15, 0.2) is 24.3 Å². The zero-order valence-corrected chi connectivity index (χ0v) is 12.6. The number of aromatic nitrogens is 2. The van der Waals surface area contributed by atoms with Crippen LogP contribution in [-0.2, 0) is 13.5 Å². The van der Waals surface area contributed by atoms with Crippen LogP contribution in [0.4, 0.5) is 0 Å². The molecule has 3 rings (SSSR count). The van der Waals surface area contributed by atoms with Gasteiger partial charge < -0.3 is 5.32 Å². The number of rotatable bonds is 4. The van der Waals surface area contributed by atoms with E-state index in [-0.39, 0.29) is 0 Å². The number of para-hydroxylation sites is 1. The first-order chi connectivity index (χ1) is 9.78. The minimum Gasteiger partial charge on any atom is -0.314 e. The normalized spacial score (nSPS) is 23.3. The summed E-state index contributed by atoms with van der Waals surface area (Å²) in [6.07, 6.45) is 6.48. The van der Waals surface area contributed by atoms with Gasteiger partial charge in [-0.15, -0.1) is 0 Å². The standard InChI is InChI=1S/C17H25N3/c1-3-18-14-8-6-7-13(11-14)12-16-15-9-4-5-10-17(15)20(2)19-16/h4-5,9-10,13-14,18H,3,6-8,11-12H2,1-2H3. The number of hydrogen-bond acceptors (Lipinski definition) is 2. The molecule has 3 heteroatoms. The molecule has 1 N–H and O–H groups in total. The molecular weight excluding hydrogens is 246 g/mol. The Morgan fingerprint density at radius 3 is 3.00 bits per heavy atom. The summed E-state index contributed by atoms with van der Waals surface area (Å²) < 4.78 is 2.02. The highest BCUT2D eigenvalue weighted by Crippen LogP contribution is 2.29. The fourth-order valence-corrected chi connectivity index (χ4v) is 3.66. The summed E-state index contributed by atoms with van der Waals surface area (Å²) in [6, 6.07) is 9.30. The molecule has 0 bridgehead atoms. The molecule has 3 nitrogen and oxygen atoms in total. The minimum atomic E-state index is 0.716. The van der Waals surface area contributed by atoms with Crippen LogP contribution in [0.25, 0.3) is 10.9 Å². The quantitative estimate of drug-likeness (QED) is 0.925. The number of nitrogens with zero attached hydrogens (tertiary/aromatic N) is 2. The first kappa shape index (κ1) is 13.6. The van der Waals surface area contributed by atoms with Crippen molar-refractivity contribution in [3.8, 4) is 0 Å². The second kappa shape index (κ2) is 5.96. The van der Waals surface area contributed by atoms with Crippen molar-refractivity contribution < 1.29 is 0 Å². The lowest BCUT2D eigenvalue weighted by Crippen LogP contribution is -2.34. The second-order valence-corrected chi connectivity index (χ2v) is 6.08. The number of nitrogens with one attached hydrogen (secondary N) is 1. The van der Waals surface area contributed by atoms with Crippen molar-refractivity contribution in [1.82, 2.24) is 15.1 Å². The van der Waals surface area contributed by atoms with E-state index >= 15 is 0 Å². The Morgan fingerprint density at radius 1 is 1.30 bits per heavy atom. The van der Waals surface area contributed by atoms with Crippen molar-refractivity contribution in [2.45, 2.75) is 45.1 Å². The van der Waals surface area contributed by atoms with Crippen LogP contribution in [0.3, 0.4) is 0 Å². The molecule has 0 aliphatic heterocycles. The van der Waals surface area contributed by atoms with Gasteiger partial charge in [-0.25, -0.2) is 0 Å². The maximum atomic E-state index is 4.75. The lowest BCUT2D eigenvalue weighted by molar-refractivity contribution is 0.285. The van der Waals surface area contributed by atoms with E-state index in [9.17, 15) is 0 Å². The molecule has 0 saturated heterocycles. The third-order valence-electron chi connectivity index (χ3n) is 4.59. The monoisotopic (exact) mass is 271 g/mol. The lowest BCUT2D eigenvalue weighted by atomic mass is 9.82. The van der Waals surface area contributed by atoms with Crippen molar-refractivity contribution in [2.75, 3.05) is 6.54 Å². The molecule has 1 aliphatic rings. The SMILES string of the molecule is CCNC1CCCC(Cc2nn(C)c3ccccc23)C1. The molecule has 1 heterocycles. The zero-order chi connectivity index (χ0) is 13.9. The first-order valence-electron chi connectivity index (χ1n) is 7.92. The van der Waals surface area contributed by atoms with E-state index in [2.05, 4.69) is 36.5 Å². The van der Waals surface area contributed by atoms with E-state index in [0.29, 0.717) is 6.04 Å². The summed E-state index contributed by atoms with van der Waals surface area (Å²) in [5.41, 5.74) is 2.53. The van der Waals surface area contributed by atoms with E-state index < -0.39 is 0 Å². The summed E-state index contributed by atoms with van der Waals surface area (Å²) in [7, 11) is 2.05. The van der Waals surface area contributed by atoms with Crippen molar-refractivity contribution in [3.63, 3.8) is 0 Å². The van der Waals surface area contributed by atoms with Gasteiger partial charge in [-0.3, -0.25) is 4.68 Å². The van der Waals surface area contributed by atoms with E-state index in [0.717, 1.165) is 18.9 Å². The Balaban J connectivity index is 1.76. The first-order valence-corrected chi connectivity index (χ1v) is 7.92. The van der Waals surface area contributed by atoms with Crippen LogP contribution in [0, 0.1) is 5.92 Å². The minimum absolute atomic E-state index is 0.716. The Bertz CT molecular complexity index is 571. The van der Waals surface area contributed by atoms with Crippen LogP contribution in [0.5, 0.6) is 0 Å². The van der Waals surface area contributed by atoms with Gasteiger partial charge in [-0.2, -0.15) is 5.10 Å². The predicted molar refractivity (Wildman–Crippen MR) is 83.8 cm³/mol. The van der Waals surface area contributed by atoms with E-state index in [4.69, 9.17) is 5.10 Å². The van der Waals surface area contributed by atoms with Crippen LogP contribution < -0.4 is 5.32 Å². The zero-order valence-electron chi connectivity index (χ0n) is 12.6. The van der Waals surface area contributed by atoms with Crippen LogP contribution in [-0.4, -0.2) is 22.4 Å². The number of aryl methyl sites for hydroxylation is 1. The summed E-state index contributed by atoms with van der Waals surface area (Å²) in [5.74, 6) is 0.783. The molecular formula is C17H25N3. The van der Waals surface area contributed by atoms with Crippen LogP contribution >= 0.6 is 0 Å². The average molecular weight is 271 g/mol. The van der Waals surface area contributed by atoms with Gasteiger partial charge in [0.15, 0.2) is 0 Å². The molecule has 1 aliphatic carbocycles. The maximum absolute atomic E-state index is 4.75. The molecule has 1 aromatic heterocycles. The second-order valence-electron chi connectivity index (χ2n) is 6.08. The smallest absolute Gasteiger partial charge is 0.0706 e. The number of hydrogen-bond donors (Lipinski definition) is 1. The van der Waals surface area contributed by atoms with Gasteiger partial charge in [0.1, 0.15) is 0 Å². The molecule has 0 radical (unpaired) electrons. The molecule has 2 atom stereocenters. The highest BCUT2D eigenvalue weighted by atomic mass is 15.3.